The van der Waals surface area contributed by atoms with Gasteiger partial charge in [-0.15, -0.1) is 0 Å². The Kier molecular flexibility index (Phi) is 8.23. The molecule has 0 aliphatic carbocycles. The molecule has 0 heterocycles. The highest BCUT2D eigenvalue weighted by atomic mass is 16.6. The summed E-state index contributed by atoms with van der Waals surface area (Å²) in [5.74, 6) is -0.00978. The summed E-state index contributed by atoms with van der Waals surface area (Å²) in [6, 6.07) is 7.08. The number of carbonyl (C=O) groups excluding carboxylic acids is 2. The van der Waals surface area contributed by atoms with Crippen molar-refractivity contribution in [1.29, 1.82) is 0 Å². The molecule has 1 aromatic rings. The summed E-state index contributed by atoms with van der Waals surface area (Å²) < 4.78 is 5.14. The van der Waals surface area contributed by atoms with Crippen LogP contribution in [0.25, 0.3) is 0 Å². The predicted molar refractivity (Wildman–Crippen MR) is 91.6 cm³/mol. The van der Waals surface area contributed by atoms with Gasteiger partial charge in [0.25, 0.3) is 0 Å². The van der Waals surface area contributed by atoms with Crippen LogP contribution in [0.1, 0.15) is 41.6 Å². The third-order valence-electron chi connectivity index (χ3n) is 2.87. The number of Topliss-reactive ketones (excluding diaryl/α,β-unsaturated/α-hetero) is 1. The molecule has 0 aromatic heterocycles. The van der Waals surface area contributed by atoms with E-state index in [0.717, 1.165) is 5.56 Å². The highest BCUT2D eigenvalue weighted by Gasteiger charge is 2.24. The Morgan fingerprint density at radius 1 is 1.18 bits per heavy atom. The lowest BCUT2D eigenvalue weighted by atomic mass is 9.91. The fourth-order valence-electron chi connectivity index (χ4n) is 1.39. The number of benzene rings is 1. The summed E-state index contributed by atoms with van der Waals surface area (Å²) in [7, 11) is 1.55. The van der Waals surface area contributed by atoms with Crippen molar-refractivity contribution in [3.63, 3.8) is 0 Å². The number of carbonyl (C=O) groups is 2. The van der Waals surface area contributed by atoms with Crippen molar-refractivity contribution in [3.8, 4) is 0 Å². The molecular weight excluding hydrogens is 280 g/mol. The molecule has 0 radical (unpaired) electrons. The van der Waals surface area contributed by atoms with Crippen LogP contribution in [-0.2, 0) is 16.1 Å². The van der Waals surface area contributed by atoms with E-state index in [1.54, 1.807) is 31.3 Å². The summed E-state index contributed by atoms with van der Waals surface area (Å²) in [6.45, 7) is 9.67. The van der Waals surface area contributed by atoms with Crippen LogP contribution in [0.4, 0.5) is 10.5 Å². The van der Waals surface area contributed by atoms with E-state index in [1.165, 1.54) is 4.90 Å². The highest BCUT2D eigenvalue weighted by Crippen LogP contribution is 2.15. The molecule has 0 bridgehead atoms. The number of nitrogens with zero attached hydrogens (tertiary/aromatic N) is 1. The van der Waals surface area contributed by atoms with E-state index >= 15 is 0 Å². The number of ketones is 1. The van der Waals surface area contributed by atoms with E-state index in [2.05, 4.69) is 0 Å². The number of nitrogen functional groups attached to an aromatic ring is 1. The van der Waals surface area contributed by atoms with E-state index in [-0.39, 0.29) is 20.4 Å². The molecule has 0 unspecified atom stereocenters. The van der Waals surface area contributed by atoms with Crippen molar-refractivity contribution < 1.29 is 15.8 Å². The number of rotatable bonds is 4. The maximum Gasteiger partial charge on any atom is 0.410 e. The van der Waals surface area contributed by atoms with E-state index in [9.17, 15) is 9.59 Å². The van der Waals surface area contributed by atoms with Crippen molar-refractivity contribution >= 4 is 17.6 Å². The van der Waals surface area contributed by atoms with Gasteiger partial charge in [0.1, 0.15) is 6.61 Å². The van der Waals surface area contributed by atoms with Crippen LogP contribution in [0.5, 0.6) is 0 Å². The average molecular weight is 310 g/mol. The van der Waals surface area contributed by atoms with Crippen molar-refractivity contribution in [2.75, 3.05) is 19.3 Å². The molecule has 1 aromatic carbocycles. The van der Waals surface area contributed by atoms with Gasteiger partial charge in [0.15, 0.2) is 5.78 Å². The normalized spacial score (nSPS) is 10.3. The standard InChI is InChI=1S/C15H22N2O3.C2H6.H2/c1-15(2,3)13(18)9-17(4)14(19)20-10-11-5-7-12(16)8-6-11;1-2;/h5-8H,9-10,16H2,1-4H3;1-2H3;1H. The zero-order valence-corrected chi connectivity index (χ0v) is 14.5. The molecule has 0 aliphatic rings. The lowest BCUT2D eigenvalue weighted by Gasteiger charge is -2.22. The zero-order chi connectivity index (χ0) is 17.3. The zero-order valence-electron chi connectivity index (χ0n) is 14.5. The minimum atomic E-state index is -0.514. The molecule has 1 rings (SSSR count). The minimum Gasteiger partial charge on any atom is -0.445 e. The van der Waals surface area contributed by atoms with Crippen LogP contribution in [-0.4, -0.2) is 30.4 Å². The Labute approximate surface area is 134 Å². The van der Waals surface area contributed by atoms with Crippen LogP contribution in [0.2, 0.25) is 0 Å². The van der Waals surface area contributed by atoms with Gasteiger partial charge in [-0.2, -0.15) is 0 Å². The Morgan fingerprint density at radius 2 is 1.68 bits per heavy atom. The molecule has 5 nitrogen and oxygen atoms in total. The summed E-state index contributed by atoms with van der Waals surface area (Å²) in [6.07, 6.45) is -0.514. The molecule has 0 saturated carbocycles. The Bertz CT molecular complexity index is 482. The van der Waals surface area contributed by atoms with E-state index in [0.29, 0.717) is 5.69 Å². The molecule has 0 saturated heterocycles. The highest BCUT2D eigenvalue weighted by molar-refractivity contribution is 5.87. The number of hydrogen-bond donors (Lipinski definition) is 1. The molecule has 5 heteroatoms. The lowest BCUT2D eigenvalue weighted by Crippen LogP contribution is -2.37. The van der Waals surface area contributed by atoms with Crippen LogP contribution in [0.3, 0.4) is 0 Å². The van der Waals surface area contributed by atoms with E-state index < -0.39 is 11.5 Å². The molecule has 0 aliphatic heterocycles. The SMILES string of the molecule is CC.CN(CC(=O)C(C)(C)C)C(=O)OCc1ccc(N)cc1.[HH]. The number of anilines is 1. The number of nitrogens with two attached hydrogens (primary N) is 1. The van der Waals surface area contributed by atoms with E-state index in [4.69, 9.17) is 10.5 Å². The quantitative estimate of drug-likeness (QED) is 0.860. The fraction of sp³-hybridized carbons (Fsp3) is 0.529. The third-order valence-corrected chi connectivity index (χ3v) is 2.87. The van der Waals surface area contributed by atoms with Crippen LogP contribution in [0, 0.1) is 5.41 Å². The van der Waals surface area contributed by atoms with Crippen molar-refractivity contribution in [1.82, 2.24) is 4.90 Å². The van der Waals surface area contributed by atoms with Gasteiger partial charge in [-0.25, -0.2) is 4.79 Å². The monoisotopic (exact) mass is 310 g/mol. The molecular formula is C17H30N2O3. The number of likely N-dealkylation sites (N-methyl/N-ethyl adjacent to an activating group) is 1. The molecule has 0 fully saturated rings. The maximum absolute atomic E-state index is 11.8. The molecule has 0 spiro atoms. The van der Waals surface area contributed by atoms with Gasteiger partial charge in [0, 0.05) is 19.6 Å². The van der Waals surface area contributed by atoms with Gasteiger partial charge >= 0.3 is 6.09 Å². The second-order valence-corrected chi connectivity index (χ2v) is 5.83. The molecule has 2 N–H and O–H groups in total. The molecule has 1 amide bonds. The average Bonchev–Trinajstić information content (AvgIpc) is 2.47. The van der Waals surface area contributed by atoms with Gasteiger partial charge in [-0.3, -0.25) is 4.79 Å². The third kappa shape index (κ3) is 7.11. The number of ether oxygens (including phenoxy) is 1. The predicted octanol–water partition coefficient (Wildman–Crippen LogP) is 3.72. The van der Waals surface area contributed by atoms with Crippen molar-refractivity contribution in [2.45, 2.75) is 41.2 Å². The summed E-state index contributed by atoms with van der Waals surface area (Å²) in [5, 5.41) is 0. The van der Waals surface area contributed by atoms with Crippen LogP contribution < -0.4 is 5.73 Å². The first-order valence-corrected chi connectivity index (χ1v) is 7.46. The summed E-state index contributed by atoms with van der Waals surface area (Å²) >= 11 is 0. The van der Waals surface area contributed by atoms with Crippen LogP contribution in [0.15, 0.2) is 24.3 Å². The molecule has 126 valence electrons. The Balaban J connectivity index is 0. The summed E-state index contributed by atoms with van der Waals surface area (Å²) in [5.41, 5.74) is 6.62. The fourth-order valence-corrected chi connectivity index (χ4v) is 1.39. The minimum absolute atomic E-state index is 0. The van der Waals surface area contributed by atoms with Gasteiger partial charge in [-0.05, 0) is 17.7 Å². The van der Waals surface area contributed by atoms with Gasteiger partial charge in [0.05, 0.1) is 6.54 Å². The first-order valence-electron chi connectivity index (χ1n) is 7.46. The Hall–Kier alpha value is -2.04. The second kappa shape index (κ2) is 9.07. The first-order chi connectivity index (χ1) is 10.2. The largest absolute Gasteiger partial charge is 0.445 e. The van der Waals surface area contributed by atoms with Gasteiger partial charge in [-0.1, -0.05) is 46.8 Å². The topological polar surface area (TPSA) is 72.6 Å². The maximum atomic E-state index is 11.8. The first kappa shape index (κ1) is 20.0. The van der Waals surface area contributed by atoms with E-state index in [1.807, 2.05) is 34.6 Å². The lowest BCUT2D eigenvalue weighted by molar-refractivity contribution is -0.126. The van der Waals surface area contributed by atoms with Crippen molar-refractivity contribution in [2.24, 2.45) is 5.41 Å². The number of hydrogen-bond acceptors (Lipinski definition) is 4. The van der Waals surface area contributed by atoms with Gasteiger partial charge in [0.2, 0.25) is 0 Å². The van der Waals surface area contributed by atoms with Gasteiger partial charge < -0.3 is 15.4 Å². The smallest absolute Gasteiger partial charge is 0.410 e. The van der Waals surface area contributed by atoms with Crippen molar-refractivity contribution in [3.05, 3.63) is 29.8 Å². The molecule has 22 heavy (non-hydrogen) atoms. The summed E-state index contributed by atoms with van der Waals surface area (Å²) in [4.78, 5) is 24.9. The Morgan fingerprint density at radius 3 is 2.14 bits per heavy atom. The number of amides is 1. The molecule has 0 atom stereocenters. The second-order valence-electron chi connectivity index (χ2n) is 5.83. The van der Waals surface area contributed by atoms with Crippen LogP contribution >= 0.6 is 0 Å².